The second kappa shape index (κ2) is 7.64. The fourth-order valence-electron chi connectivity index (χ4n) is 3.57. The third kappa shape index (κ3) is 3.51. The highest BCUT2D eigenvalue weighted by atomic mass is 16.2. The number of amides is 2. The summed E-state index contributed by atoms with van der Waals surface area (Å²) >= 11 is 0. The molecule has 2 aromatic carbocycles. The molecule has 2 aliphatic rings. The van der Waals surface area contributed by atoms with E-state index in [0.717, 1.165) is 11.4 Å². The van der Waals surface area contributed by atoms with Gasteiger partial charge in [-0.1, -0.05) is 36.4 Å². The number of hydrazone groups is 2. The molecule has 0 aromatic heterocycles. The minimum absolute atomic E-state index is 0.141. The van der Waals surface area contributed by atoms with Crippen LogP contribution in [0.3, 0.4) is 0 Å². The zero-order valence-electron chi connectivity index (χ0n) is 15.5. The predicted octanol–water partition coefficient (Wildman–Crippen LogP) is 2.95. The molecular weight excluding hydrogens is 354 g/mol. The predicted molar refractivity (Wildman–Crippen MR) is 109 cm³/mol. The van der Waals surface area contributed by atoms with Gasteiger partial charge in [0.25, 0.3) is 0 Å². The fraction of sp³-hybridized carbons (Fsp3) is 0.238. The first-order valence-electron chi connectivity index (χ1n) is 9.20. The van der Waals surface area contributed by atoms with Crippen molar-refractivity contribution in [3.63, 3.8) is 0 Å². The lowest BCUT2D eigenvalue weighted by Crippen LogP contribution is -2.35. The van der Waals surface area contributed by atoms with E-state index in [0.29, 0.717) is 24.3 Å². The van der Waals surface area contributed by atoms with Gasteiger partial charge in [-0.2, -0.15) is 10.2 Å². The summed E-state index contributed by atoms with van der Waals surface area (Å²) in [7, 11) is 1.54. The molecule has 2 fully saturated rings. The van der Waals surface area contributed by atoms with E-state index in [-0.39, 0.29) is 23.7 Å². The van der Waals surface area contributed by atoms with E-state index in [1.54, 1.807) is 7.05 Å². The summed E-state index contributed by atoms with van der Waals surface area (Å²) < 4.78 is 0. The normalized spacial score (nSPS) is 24.5. The molecule has 1 saturated carbocycles. The zero-order valence-corrected chi connectivity index (χ0v) is 15.5. The number of carbonyl (C=O) groups excluding carboxylic acids is 2. The third-order valence-electron chi connectivity index (χ3n) is 5.13. The molecule has 0 unspecified atom stereocenters. The Labute approximate surface area is 163 Å². The highest BCUT2D eigenvalue weighted by molar-refractivity contribution is 6.44. The van der Waals surface area contributed by atoms with Crippen LogP contribution < -0.4 is 10.9 Å². The minimum Gasteiger partial charge on any atom is -0.285 e. The second-order valence-electron chi connectivity index (χ2n) is 6.93. The van der Waals surface area contributed by atoms with E-state index in [1.165, 1.54) is 4.90 Å². The maximum absolute atomic E-state index is 12.4. The van der Waals surface area contributed by atoms with Crippen LogP contribution in [0.2, 0.25) is 0 Å². The van der Waals surface area contributed by atoms with Crippen molar-refractivity contribution < 1.29 is 9.59 Å². The maximum Gasteiger partial charge on any atom is 0.233 e. The summed E-state index contributed by atoms with van der Waals surface area (Å²) in [6.45, 7) is 0. The van der Waals surface area contributed by atoms with E-state index >= 15 is 0 Å². The lowest BCUT2D eigenvalue weighted by atomic mass is 9.79. The number of anilines is 2. The Hall–Kier alpha value is -3.48. The average molecular weight is 375 g/mol. The van der Waals surface area contributed by atoms with Crippen molar-refractivity contribution in [3.05, 3.63) is 60.7 Å². The number of benzene rings is 2. The summed E-state index contributed by atoms with van der Waals surface area (Å²) in [5.41, 5.74) is 9.12. The molecule has 0 spiro atoms. The van der Waals surface area contributed by atoms with E-state index in [1.807, 2.05) is 60.7 Å². The van der Waals surface area contributed by atoms with E-state index in [9.17, 15) is 9.59 Å². The topological polar surface area (TPSA) is 86.2 Å². The van der Waals surface area contributed by atoms with Crippen molar-refractivity contribution in [2.24, 2.45) is 22.0 Å². The van der Waals surface area contributed by atoms with Gasteiger partial charge in [-0.3, -0.25) is 25.3 Å². The Bertz CT molecular complexity index is 862. The highest BCUT2D eigenvalue weighted by Crippen LogP contribution is 2.35. The lowest BCUT2D eigenvalue weighted by molar-refractivity contribution is -0.138. The molecule has 7 heteroatoms. The van der Waals surface area contributed by atoms with Gasteiger partial charge in [-0.25, -0.2) is 0 Å². The second-order valence-corrected chi connectivity index (χ2v) is 6.93. The van der Waals surface area contributed by atoms with Crippen LogP contribution in [0.4, 0.5) is 11.4 Å². The summed E-state index contributed by atoms with van der Waals surface area (Å²) in [5.74, 6) is -1.02. The fourth-order valence-corrected chi connectivity index (χ4v) is 3.57. The van der Waals surface area contributed by atoms with Gasteiger partial charge in [-0.05, 0) is 24.3 Å². The van der Waals surface area contributed by atoms with E-state index in [2.05, 4.69) is 21.1 Å². The number of hydrogen-bond donors (Lipinski definition) is 2. The first-order valence-corrected chi connectivity index (χ1v) is 9.20. The number of imide groups is 1. The molecule has 142 valence electrons. The van der Waals surface area contributed by atoms with Crippen LogP contribution >= 0.6 is 0 Å². The molecule has 2 N–H and O–H groups in total. The molecule has 1 saturated heterocycles. The van der Waals surface area contributed by atoms with Crippen molar-refractivity contribution in [1.82, 2.24) is 4.90 Å². The summed E-state index contributed by atoms with van der Waals surface area (Å²) in [6, 6.07) is 19.2. The Morgan fingerprint density at radius 3 is 1.54 bits per heavy atom. The summed E-state index contributed by atoms with van der Waals surface area (Å²) in [4.78, 5) is 26.1. The number of rotatable bonds is 4. The van der Waals surface area contributed by atoms with Crippen molar-refractivity contribution in [3.8, 4) is 0 Å². The molecule has 2 amide bonds. The Morgan fingerprint density at radius 1 is 0.750 bits per heavy atom. The van der Waals surface area contributed by atoms with Crippen LogP contribution in [0.5, 0.6) is 0 Å². The number of hydrogen-bond acceptors (Lipinski definition) is 6. The van der Waals surface area contributed by atoms with Crippen molar-refractivity contribution in [2.75, 3.05) is 17.9 Å². The van der Waals surface area contributed by atoms with Crippen LogP contribution in [0.15, 0.2) is 70.9 Å². The molecular formula is C21H21N5O2. The average Bonchev–Trinajstić information content (AvgIpc) is 2.95. The molecule has 1 heterocycles. The van der Waals surface area contributed by atoms with Crippen LogP contribution in [0.1, 0.15) is 12.8 Å². The van der Waals surface area contributed by atoms with E-state index in [4.69, 9.17) is 0 Å². The molecule has 1 aliphatic carbocycles. The lowest BCUT2D eigenvalue weighted by Gasteiger charge is -2.24. The van der Waals surface area contributed by atoms with Gasteiger partial charge in [0, 0.05) is 19.9 Å². The monoisotopic (exact) mass is 375 g/mol. The smallest absolute Gasteiger partial charge is 0.233 e. The van der Waals surface area contributed by atoms with Crippen LogP contribution in [0.25, 0.3) is 0 Å². The van der Waals surface area contributed by atoms with Crippen molar-refractivity contribution in [2.45, 2.75) is 12.8 Å². The van der Waals surface area contributed by atoms with Crippen molar-refractivity contribution >= 4 is 34.6 Å². The van der Waals surface area contributed by atoms with Gasteiger partial charge in [0.15, 0.2) is 0 Å². The first kappa shape index (κ1) is 17.9. The molecule has 28 heavy (non-hydrogen) atoms. The van der Waals surface area contributed by atoms with Gasteiger partial charge in [0.05, 0.1) is 34.6 Å². The quantitative estimate of drug-likeness (QED) is 0.635. The summed E-state index contributed by atoms with van der Waals surface area (Å²) in [6.07, 6.45) is 0.767. The number of nitrogens with zero attached hydrogens (tertiary/aromatic N) is 3. The van der Waals surface area contributed by atoms with Crippen LogP contribution in [-0.4, -0.2) is 35.2 Å². The molecule has 2 aromatic rings. The third-order valence-corrected chi connectivity index (χ3v) is 5.13. The number of likely N-dealkylation sites (tertiary alicyclic amines) is 1. The van der Waals surface area contributed by atoms with Crippen LogP contribution in [0, 0.1) is 11.8 Å². The standard InChI is InChI=1S/C21H21N5O2/c1-26-20(27)16-12-18(24-22-14-8-4-2-5-9-14)19(13-17(16)21(26)28)25-23-15-10-6-3-7-11-15/h2-11,16-17,22-23H,12-13H2,1H3/b24-18+,25-19+/t16-,17+. The number of carbonyl (C=O) groups is 2. The Morgan fingerprint density at radius 2 is 1.14 bits per heavy atom. The molecule has 4 rings (SSSR count). The minimum atomic E-state index is -0.371. The molecule has 1 aliphatic heterocycles. The van der Waals surface area contributed by atoms with Gasteiger partial charge < -0.3 is 0 Å². The molecule has 0 radical (unpaired) electrons. The van der Waals surface area contributed by atoms with Crippen LogP contribution in [-0.2, 0) is 9.59 Å². The first-order chi connectivity index (χ1) is 13.6. The molecule has 0 bridgehead atoms. The molecule has 2 atom stereocenters. The Balaban J connectivity index is 1.61. The Kier molecular flexibility index (Phi) is 4.89. The molecule has 7 nitrogen and oxygen atoms in total. The highest BCUT2D eigenvalue weighted by Gasteiger charge is 2.49. The van der Waals surface area contributed by atoms with Gasteiger partial charge >= 0.3 is 0 Å². The van der Waals surface area contributed by atoms with E-state index < -0.39 is 0 Å². The van der Waals surface area contributed by atoms with Crippen molar-refractivity contribution in [1.29, 1.82) is 0 Å². The number of fused-ring (bicyclic) bond motifs is 1. The SMILES string of the molecule is CN1C(=O)[C@H]2CC(=N\Nc3ccccc3)/C(=N/Nc3ccccc3)C[C@H]2C1=O. The van der Waals surface area contributed by atoms with Gasteiger partial charge in [0.1, 0.15) is 0 Å². The zero-order chi connectivity index (χ0) is 19.5. The number of nitrogens with one attached hydrogen (secondary N) is 2. The maximum atomic E-state index is 12.4. The summed E-state index contributed by atoms with van der Waals surface area (Å²) in [5, 5.41) is 9.01. The number of para-hydroxylation sites is 2. The largest absolute Gasteiger partial charge is 0.285 e. The van der Waals surface area contributed by atoms with Gasteiger partial charge in [-0.15, -0.1) is 0 Å². The van der Waals surface area contributed by atoms with Gasteiger partial charge in [0.2, 0.25) is 11.8 Å².